The van der Waals surface area contributed by atoms with Crippen LogP contribution in [0.15, 0.2) is 18.2 Å². The quantitative estimate of drug-likeness (QED) is 0.737. The molecule has 1 aromatic carbocycles. The summed E-state index contributed by atoms with van der Waals surface area (Å²) in [5.74, 6) is -2.94. The highest BCUT2D eigenvalue weighted by molar-refractivity contribution is 14.1. The molecule has 22 heavy (non-hydrogen) atoms. The van der Waals surface area contributed by atoms with E-state index in [1.807, 2.05) is 0 Å². The maximum atomic E-state index is 12.6. The molecule has 1 aliphatic rings. The van der Waals surface area contributed by atoms with E-state index in [0.717, 1.165) is 0 Å². The lowest BCUT2D eigenvalue weighted by molar-refractivity contribution is -0.183. The van der Waals surface area contributed by atoms with Gasteiger partial charge < -0.3 is 10.0 Å². The zero-order valence-corrected chi connectivity index (χ0v) is 13.5. The molecule has 1 fully saturated rings. The predicted molar refractivity (Wildman–Crippen MR) is 80.8 cm³/mol. The van der Waals surface area contributed by atoms with Crippen LogP contribution in [0.5, 0.6) is 0 Å². The molecule has 1 heterocycles. The summed E-state index contributed by atoms with van der Waals surface area (Å²) in [6.07, 6.45) is -4.47. The molecule has 1 aliphatic heterocycles. The monoisotopic (exact) mass is 427 g/mol. The Labute approximate surface area is 138 Å². The fourth-order valence-electron chi connectivity index (χ4n) is 2.44. The number of carbonyl (C=O) groups excluding carboxylic acids is 1. The summed E-state index contributed by atoms with van der Waals surface area (Å²) >= 11 is 1.78. The van der Waals surface area contributed by atoms with Gasteiger partial charge in [-0.25, -0.2) is 4.79 Å². The van der Waals surface area contributed by atoms with Crippen molar-refractivity contribution in [1.29, 1.82) is 0 Å². The van der Waals surface area contributed by atoms with Gasteiger partial charge in [-0.2, -0.15) is 13.2 Å². The zero-order chi connectivity index (χ0) is 16.5. The molecule has 1 aromatic rings. The highest BCUT2D eigenvalue weighted by atomic mass is 127. The maximum Gasteiger partial charge on any atom is 0.391 e. The molecule has 8 heteroatoms. The van der Waals surface area contributed by atoms with Gasteiger partial charge in [-0.1, -0.05) is 6.07 Å². The normalized spacial score (nSPS) is 16.6. The summed E-state index contributed by atoms with van der Waals surface area (Å²) in [6, 6.07) is 4.34. The van der Waals surface area contributed by atoms with E-state index >= 15 is 0 Å². The second kappa shape index (κ2) is 6.43. The van der Waals surface area contributed by atoms with E-state index in [4.69, 9.17) is 5.11 Å². The number of carboxylic acid groups (broad SMARTS) is 1. The first kappa shape index (κ1) is 17.0. The molecule has 0 aromatic heterocycles. The van der Waals surface area contributed by atoms with Crippen LogP contribution in [-0.4, -0.2) is 41.1 Å². The SMILES string of the molecule is O=C(O)c1cccc(C(=O)N2CCC(C(F)(F)F)CC2)c1I. The van der Waals surface area contributed by atoms with Crippen molar-refractivity contribution >= 4 is 34.5 Å². The first-order valence-corrected chi connectivity index (χ1v) is 7.67. The molecule has 1 saturated heterocycles. The molecule has 0 saturated carbocycles. The van der Waals surface area contributed by atoms with Crippen molar-refractivity contribution in [1.82, 2.24) is 4.90 Å². The minimum atomic E-state index is -4.23. The van der Waals surface area contributed by atoms with Gasteiger partial charge in [-0.05, 0) is 47.6 Å². The van der Waals surface area contributed by atoms with Crippen LogP contribution in [0, 0.1) is 9.49 Å². The van der Waals surface area contributed by atoms with Crippen molar-refractivity contribution < 1.29 is 27.9 Å². The number of nitrogens with zero attached hydrogens (tertiary/aromatic N) is 1. The summed E-state index contributed by atoms with van der Waals surface area (Å²) in [6.45, 7) is 0.0484. The Balaban J connectivity index is 2.14. The summed E-state index contributed by atoms with van der Waals surface area (Å²) in [5, 5.41) is 9.05. The number of likely N-dealkylation sites (tertiary alicyclic amines) is 1. The van der Waals surface area contributed by atoms with Crippen LogP contribution >= 0.6 is 22.6 Å². The van der Waals surface area contributed by atoms with Gasteiger partial charge in [0, 0.05) is 16.7 Å². The van der Waals surface area contributed by atoms with Gasteiger partial charge in [-0.3, -0.25) is 4.79 Å². The van der Waals surface area contributed by atoms with Gasteiger partial charge in [0.2, 0.25) is 0 Å². The van der Waals surface area contributed by atoms with Crippen LogP contribution in [0.3, 0.4) is 0 Å². The molecule has 0 unspecified atom stereocenters. The van der Waals surface area contributed by atoms with Crippen molar-refractivity contribution in [3.63, 3.8) is 0 Å². The van der Waals surface area contributed by atoms with Crippen LogP contribution in [0.2, 0.25) is 0 Å². The summed E-state index contributed by atoms with van der Waals surface area (Å²) in [7, 11) is 0. The van der Waals surface area contributed by atoms with Gasteiger partial charge in [-0.15, -0.1) is 0 Å². The zero-order valence-electron chi connectivity index (χ0n) is 11.4. The smallest absolute Gasteiger partial charge is 0.391 e. The molecule has 0 bridgehead atoms. The third-order valence-electron chi connectivity index (χ3n) is 3.70. The molecule has 4 nitrogen and oxygen atoms in total. The lowest BCUT2D eigenvalue weighted by atomic mass is 9.95. The Morgan fingerprint density at radius 1 is 1.18 bits per heavy atom. The first-order valence-electron chi connectivity index (χ1n) is 6.59. The predicted octanol–water partition coefficient (Wildman–Crippen LogP) is 3.40. The molecule has 2 rings (SSSR count). The number of carbonyl (C=O) groups is 2. The second-order valence-corrected chi connectivity index (χ2v) is 6.16. The highest BCUT2D eigenvalue weighted by Gasteiger charge is 2.41. The van der Waals surface area contributed by atoms with Gasteiger partial charge in [0.1, 0.15) is 0 Å². The largest absolute Gasteiger partial charge is 0.478 e. The number of hydrogen-bond acceptors (Lipinski definition) is 2. The number of halogens is 4. The van der Waals surface area contributed by atoms with Crippen LogP contribution in [0.25, 0.3) is 0 Å². The van der Waals surface area contributed by atoms with E-state index < -0.39 is 24.0 Å². The van der Waals surface area contributed by atoms with Crippen LogP contribution < -0.4 is 0 Å². The Bertz CT molecular complexity index is 595. The lowest BCUT2D eigenvalue weighted by Crippen LogP contribution is -2.42. The van der Waals surface area contributed by atoms with E-state index in [9.17, 15) is 22.8 Å². The number of amides is 1. The Morgan fingerprint density at radius 3 is 2.23 bits per heavy atom. The number of rotatable bonds is 2. The van der Waals surface area contributed by atoms with Crippen molar-refractivity contribution in [2.24, 2.45) is 5.92 Å². The molecule has 1 N–H and O–H groups in total. The number of benzene rings is 1. The fourth-order valence-corrected chi connectivity index (χ4v) is 3.26. The molecular formula is C14H13F3INO3. The van der Waals surface area contributed by atoms with E-state index in [-0.39, 0.29) is 37.1 Å². The Morgan fingerprint density at radius 2 is 1.73 bits per heavy atom. The van der Waals surface area contributed by atoms with Crippen LogP contribution in [-0.2, 0) is 0 Å². The number of aromatic carboxylic acids is 1. The van der Waals surface area contributed by atoms with Crippen molar-refractivity contribution in [3.05, 3.63) is 32.9 Å². The summed E-state index contributed by atoms with van der Waals surface area (Å²) < 4.78 is 38.2. The standard InChI is InChI=1S/C14H13F3INO3/c15-14(16,17)8-4-6-19(7-5-8)12(20)9-2-1-3-10(11(9)18)13(21)22/h1-3,8H,4-7H2,(H,21,22). The van der Waals surface area contributed by atoms with E-state index in [1.54, 1.807) is 22.6 Å². The number of alkyl halides is 3. The third kappa shape index (κ3) is 3.53. The number of carboxylic acids is 1. The van der Waals surface area contributed by atoms with Gasteiger partial charge in [0.25, 0.3) is 5.91 Å². The average molecular weight is 427 g/mol. The van der Waals surface area contributed by atoms with Gasteiger partial charge in [0.15, 0.2) is 0 Å². The van der Waals surface area contributed by atoms with E-state index in [0.29, 0.717) is 3.57 Å². The first-order chi connectivity index (χ1) is 10.2. The number of piperidine rings is 1. The molecule has 0 atom stereocenters. The van der Waals surface area contributed by atoms with Crippen molar-refractivity contribution in [3.8, 4) is 0 Å². The van der Waals surface area contributed by atoms with Crippen molar-refractivity contribution in [2.75, 3.05) is 13.1 Å². The number of hydrogen-bond donors (Lipinski definition) is 1. The maximum absolute atomic E-state index is 12.6. The Kier molecular flexibility index (Phi) is 4.98. The minimum Gasteiger partial charge on any atom is -0.478 e. The average Bonchev–Trinajstić information content (AvgIpc) is 2.45. The molecular weight excluding hydrogens is 414 g/mol. The van der Waals surface area contributed by atoms with Crippen molar-refractivity contribution in [2.45, 2.75) is 19.0 Å². The highest BCUT2D eigenvalue weighted by Crippen LogP contribution is 2.34. The van der Waals surface area contributed by atoms with Crippen LogP contribution in [0.1, 0.15) is 33.6 Å². The third-order valence-corrected chi connectivity index (χ3v) is 4.87. The molecule has 0 aliphatic carbocycles. The Hall–Kier alpha value is -1.32. The molecule has 120 valence electrons. The van der Waals surface area contributed by atoms with Gasteiger partial charge >= 0.3 is 12.1 Å². The van der Waals surface area contributed by atoms with E-state index in [2.05, 4.69) is 0 Å². The summed E-state index contributed by atoms with van der Waals surface area (Å²) in [4.78, 5) is 24.8. The fraction of sp³-hybridized carbons (Fsp3) is 0.429. The van der Waals surface area contributed by atoms with Gasteiger partial charge in [0.05, 0.1) is 17.0 Å². The molecule has 1 amide bonds. The van der Waals surface area contributed by atoms with E-state index in [1.165, 1.54) is 23.1 Å². The molecule has 0 spiro atoms. The summed E-state index contributed by atoms with van der Waals surface area (Å²) in [5.41, 5.74) is 0.225. The minimum absolute atomic E-state index is 0.0108. The van der Waals surface area contributed by atoms with Crippen LogP contribution in [0.4, 0.5) is 13.2 Å². The topological polar surface area (TPSA) is 57.6 Å². The second-order valence-electron chi connectivity index (χ2n) is 5.08. The lowest BCUT2D eigenvalue weighted by Gasteiger charge is -2.33. The molecule has 0 radical (unpaired) electrons.